The summed E-state index contributed by atoms with van der Waals surface area (Å²) in [4.78, 5) is 42.8. The molecule has 0 saturated carbocycles. The smallest absolute Gasteiger partial charge is 0.338 e. The van der Waals surface area contributed by atoms with Crippen LogP contribution in [0, 0.1) is 11.7 Å². The van der Waals surface area contributed by atoms with Gasteiger partial charge in [0.25, 0.3) is 0 Å². The summed E-state index contributed by atoms with van der Waals surface area (Å²) < 4.78 is 30.1. The van der Waals surface area contributed by atoms with Crippen LogP contribution < -0.4 is 15.4 Å². The van der Waals surface area contributed by atoms with E-state index >= 15 is 0 Å². The Balaban J connectivity index is 1.83. The molecule has 0 fully saturated rings. The highest BCUT2D eigenvalue weighted by Crippen LogP contribution is 2.52. The molecule has 3 atom stereocenters. The number of rotatable bonds is 6. The van der Waals surface area contributed by atoms with E-state index in [-0.39, 0.29) is 34.1 Å². The SMILES string of the molecule is COC(=O)C1=C(N)N(c2cccc(F)c2)C2=C(C(=O)[C@H](C(=O)OC)[C@@H](c3ccc(OC)cc3)C2)[C@H]1c1ccccc1Cl. The molecular formula is C32H28ClFN2O6. The average molecular weight is 591 g/mol. The Hall–Kier alpha value is -4.63. The molecule has 216 valence electrons. The Morgan fingerprint density at radius 3 is 2.31 bits per heavy atom. The fourth-order valence-electron chi connectivity index (χ4n) is 5.83. The maximum Gasteiger partial charge on any atom is 0.338 e. The third-order valence-electron chi connectivity index (χ3n) is 7.73. The van der Waals surface area contributed by atoms with Crippen LogP contribution in [0.1, 0.15) is 29.4 Å². The number of anilines is 1. The van der Waals surface area contributed by atoms with Crippen molar-refractivity contribution in [2.24, 2.45) is 11.7 Å². The number of nitrogens with two attached hydrogens (primary N) is 1. The molecule has 0 amide bonds. The van der Waals surface area contributed by atoms with Gasteiger partial charge >= 0.3 is 11.9 Å². The number of halogens is 2. The Morgan fingerprint density at radius 1 is 0.976 bits per heavy atom. The number of hydrogen-bond acceptors (Lipinski definition) is 8. The van der Waals surface area contributed by atoms with E-state index in [1.54, 1.807) is 54.6 Å². The standard InChI is InChI=1S/C32H28ClFN2O6/c1-40-20-13-11-17(12-14-20)22-16-24-27(29(37)26(22)31(38)41-2)25(21-9-4-5-10-23(21)33)28(32(39)42-3)30(35)36(24)19-8-6-7-18(34)15-19/h4-15,22,25-26H,16,35H2,1-3H3/t22-,25-,26-/m1/s1. The van der Waals surface area contributed by atoms with Crippen LogP contribution in [0.2, 0.25) is 5.02 Å². The van der Waals surface area contributed by atoms with Crippen molar-refractivity contribution in [3.63, 3.8) is 0 Å². The summed E-state index contributed by atoms with van der Waals surface area (Å²) in [5.41, 5.74) is 8.60. The van der Waals surface area contributed by atoms with Gasteiger partial charge in [-0.15, -0.1) is 0 Å². The van der Waals surface area contributed by atoms with Crippen molar-refractivity contribution in [1.82, 2.24) is 0 Å². The molecule has 1 aliphatic heterocycles. The highest BCUT2D eigenvalue weighted by atomic mass is 35.5. The Bertz CT molecular complexity index is 1630. The maximum atomic E-state index is 14.6. The van der Waals surface area contributed by atoms with Crippen LogP contribution in [0.15, 0.2) is 95.5 Å². The van der Waals surface area contributed by atoms with Gasteiger partial charge in [0, 0.05) is 22.2 Å². The zero-order chi connectivity index (χ0) is 30.1. The number of allylic oxidation sites excluding steroid dienone is 2. The molecule has 8 nitrogen and oxygen atoms in total. The molecular weight excluding hydrogens is 563 g/mol. The van der Waals surface area contributed by atoms with Gasteiger partial charge in [0.2, 0.25) is 0 Å². The summed E-state index contributed by atoms with van der Waals surface area (Å²) in [5.74, 6) is -5.08. The first-order valence-electron chi connectivity index (χ1n) is 13.1. The van der Waals surface area contributed by atoms with Gasteiger partial charge < -0.3 is 19.9 Å². The van der Waals surface area contributed by atoms with Gasteiger partial charge in [-0.1, -0.05) is 48.0 Å². The predicted octanol–water partition coefficient (Wildman–Crippen LogP) is 5.23. The van der Waals surface area contributed by atoms with Crippen LogP contribution >= 0.6 is 11.6 Å². The van der Waals surface area contributed by atoms with Gasteiger partial charge in [0.05, 0.1) is 38.5 Å². The molecule has 0 aromatic heterocycles. The van der Waals surface area contributed by atoms with Crippen molar-refractivity contribution < 1.29 is 33.0 Å². The van der Waals surface area contributed by atoms with E-state index in [0.717, 1.165) is 0 Å². The van der Waals surface area contributed by atoms with Gasteiger partial charge in [-0.25, -0.2) is 9.18 Å². The number of ether oxygens (including phenoxy) is 3. The van der Waals surface area contributed by atoms with Crippen molar-refractivity contribution in [3.8, 4) is 5.75 Å². The minimum absolute atomic E-state index is 0.0473. The first-order chi connectivity index (χ1) is 20.2. The van der Waals surface area contributed by atoms with E-state index in [1.165, 1.54) is 44.4 Å². The first-order valence-corrected chi connectivity index (χ1v) is 13.5. The first kappa shape index (κ1) is 28.9. The van der Waals surface area contributed by atoms with Crippen LogP contribution in [0.3, 0.4) is 0 Å². The number of carbonyl (C=O) groups excluding carboxylic acids is 3. The second-order valence-electron chi connectivity index (χ2n) is 9.87. The second kappa shape index (κ2) is 11.7. The number of hydrogen-bond donors (Lipinski definition) is 1. The van der Waals surface area contributed by atoms with Gasteiger partial charge in [0.1, 0.15) is 23.3 Å². The summed E-state index contributed by atoms with van der Waals surface area (Å²) in [6.07, 6.45) is 0.125. The molecule has 42 heavy (non-hydrogen) atoms. The van der Waals surface area contributed by atoms with E-state index < -0.39 is 41.3 Å². The lowest BCUT2D eigenvalue weighted by Crippen LogP contribution is -2.46. The van der Waals surface area contributed by atoms with Crippen molar-refractivity contribution in [2.45, 2.75) is 18.3 Å². The number of methoxy groups -OCH3 is 3. The molecule has 0 saturated heterocycles. The zero-order valence-electron chi connectivity index (χ0n) is 23.1. The van der Waals surface area contributed by atoms with Gasteiger partial charge in [-0.3, -0.25) is 14.5 Å². The van der Waals surface area contributed by atoms with Crippen molar-refractivity contribution in [1.29, 1.82) is 0 Å². The summed E-state index contributed by atoms with van der Waals surface area (Å²) in [5, 5.41) is 0.280. The molecule has 3 aromatic rings. The molecule has 0 unspecified atom stereocenters. The molecule has 0 bridgehead atoms. The number of Topliss-reactive ketones (excluding diaryl/α,β-unsaturated/α-hetero) is 1. The highest BCUT2D eigenvalue weighted by molar-refractivity contribution is 6.31. The lowest BCUT2D eigenvalue weighted by Gasteiger charge is -2.44. The van der Waals surface area contributed by atoms with Crippen LogP contribution in [-0.4, -0.2) is 39.1 Å². The number of nitrogens with zero attached hydrogens (tertiary/aromatic N) is 1. The summed E-state index contributed by atoms with van der Waals surface area (Å²) in [6.45, 7) is 0. The van der Waals surface area contributed by atoms with Crippen LogP contribution in [0.25, 0.3) is 0 Å². The number of carbonyl (C=O) groups is 3. The fraction of sp³-hybridized carbons (Fsp3) is 0.219. The van der Waals surface area contributed by atoms with Crippen molar-refractivity contribution in [3.05, 3.63) is 117 Å². The minimum atomic E-state index is -1.25. The topological polar surface area (TPSA) is 108 Å². The fourth-order valence-corrected chi connectivity index (χ4v) is 6.07. The minimum Gasteiger partial charge on any atom is -0.497 e. The zero-order valence-corrected chi connectivity index (χ0v) is 23.9. The number of ketones is 1. The molecule has 1 aliphatic carbocycles. The molecule has 1 heterocycles. The molecule has 3 aromatic carbocycles. The van der Waals surface area contributed by atoms with Gasteiger partial charge in [0.15, 0.2) is 5.78 Å². The van der Waals surface area contributed by atoms with E-state index in [4.69, 9.17) is 31.5 Å². The second-order valence-corrected chi connectivity index (χ2v) is 10.3. The molecule has 5 rings (SSSR count). The monoisotopic (exact) mass is 590 g/mol. The summed E-state index contributed by atoms with van der Waals surface area (Å²) in [7, 11) is 3.95. The van der Waals surface area contributed by atoms with E-state index in [0.29, 0.717) is 22.6 Å². The Kier molecular flexibility index (Phi) is 8.04. The van der Waals surface area contributed by atoms with E-state index in [9.17, 15) is 18.8 Å². The summed E-state index contributed by atoms with van der Waals surface area (Å²) >= 11 is 6.63. The third-order valence-corrected chi connectivity index (χ3v) is 8.07. The van der Waals surface area contributed by atoms with Crippen molar-refractivity contribution in [2.75, 3.05) is 26.2 Å². The number of benzene rings is 3. The molecule has 10 heteroatoms. The molecule has 0 radical (unpaired) electrons. The van der Waals surface area contributed by atoms with E-state index in [1.807, 2.05) is 0 Å². The lowest BCUT2D eigenvalue weighted by molar-refractivity contribution is -0.150. The molecule has 2 N–H and O–H groups in total. The molecule has 0 spiro atoms. The lowest BCUT2D eigenvalue weighted by atomic mass is 9.67. The normalized spacial score (nSPS) is 20.3. The van der Waals surface area contributed by atoms with Crippen LogP contribution in [0.4, 0.5) is 10.1 Å². The highest BCUT2D eigenvalue weighted by Gasteiger charge is 2.51. The summed E-state index contributed by atoms with van der Waals surface area (Å²) in [6, 6.07) is 19.4. The number of esters is 2. The maximum absolute atomic E-state index is 14.6. The quantitative estimate of drug-likeness (QED) is 0.307. The third kappa shape index (κ3) is 4.90. The van der Waals surface area contributed by atoms with Crippen LogP contribution in [-0.2, 0) is 23.9 Å². The predicted molar refractivity (Wildman–Crippen MR) is 154 cm³/mol. The Morgan fingerprint density at radius 2 is 1.69 bits per heavy atom. The van der Waals surface area contributed by atoms with Gasteiger partial charge in [-0.05, 0) is 53.9 Å². The Labute approximate surface area is 247 Å². The molecule has 2 aliphatic rings. The van der Waals surface area contributed by atoms with Crippen molar-refractivity contribution >= 4 is 35.0 Å². The van der Waals surface area contributed by atoms with Crippen LogP contribution in [0.5, 0.6) is 5.75 Å². The van der Waals surface area contributed by atoms with E-state index in [2.05, 4.69) is 0 Å². The van der Waals surface area contributed by atoms with Gasteiger partial charge in [-0.2, -0.15) is 0 Å². The average Bonchev–Trinajstić information content (AvgIpc) is 3.00. The largest absolute Gasteiger partial charge is 0.497 e.